The number of carbonyl (C=O) groups is 2. The van der Waals surface area contributed by atoms with Crippen molar-refractivity contribution in [3.8, 4) is 5.75 Å². The fourth-order valence-electron chi connectivity index (χ4n) is 3.01. The van der Waals surface area contributed by atoms with Gasteiger partial charge < -0.3 is 4.74 Å². The van der Waals surface area contributed by atoms with Crippen LogP contribution in [0.4, 0.5) is 5.69 Å². The average molecular weight is 368 g/mol. The molecule has 2 bridgehead atoms. The number of nitrogens with zero attached hydrogens (tertiary/aromatic N) is 1. The number of carbonyl (C=O) groups excluding carboxylic acids is 2. The molecule has 4 nitrogen and oxygen atoms in total. The third kappa shape index (κ3) is 3.05. The van der Waals surface area contributed by atoms with Crippen LogP contribution in [0.3, 0.4) is 0 Å². The van der Waals surface area contributed by atoms with Gasteiger partial charge in [-0.15, -0.1) is 0 Å². The number of amides is 2. The minimum Gasteiger partial charge on any atom is -0.489 e. The Morgan fingerprint density at radius 3 is 2.75 bits per heavy atom. The highest BCUT2D eigenvalue weighted by Crippen LogP contribution is 2.41. The minimum absolute atomic E-state index is 0.0358. The van der Waals surface area contributed by atoms with Crippen LogP contribution in [0.1, 0.15) is 39.5 Å². The number of hydrogen-bond acceptors (Lipinski definition) is 3. The molecule has 1 aliphatic carbocycles. The smallest absolute Gasteiger partial charge is 0.260 e. The molecule has 1 aromatic rings. The zero-order valence-electron chi connectivity index (χ0n) is 13.6. The van der Waals surface area contributed by atoms with E-state index in [1.165, 1.54) is 11.0 Å². The van der Waals surface area contributed by atoms with Crippen molar-refractivity contribution in [3.05, 3.63) is 33.8 Å². The molecular weight excluding hydrogens is 349 g/mol. The predicted molar refractivity (Wildman–Crippen MR) is 94.8 cm³/mol. The Labute approximate surface area is 151 Å². The highest BCUT2D eigenvalue weighted by atomic mass is 35.5. The van der Waals surface area contributed by atoms with E-state index in [1.807, 2.05) is 13.8 Å². The summed E-state index contributed by atoms with van der Waals surface area (Å²) in [6.45, 7) is 3.93. The van der Waals surface area contributed by atoms with Crippen LogP contribution in [0.5, 0.6) is 5.75 Å². The molecule has 24 heavy (non-hydrogen) atoms. The van der Waals surface area contributed by atoms with Gasteiger partial charge in [-0.3, -0.25) is 9.59 Å². The van der Waals surface area contributed by atoms with Crippen molar-refractivity contribution in [1.29, 1.82) is 0 Å². The van der Waals surface area contributed by atoms with Gasteiger partial charge in [0.05, 0.1) is 27.8 Å². The van der Waals surface area contributed by atoms with Crippen LogP contribution >= 0.6 is 23.2 Å². The van der Waals surface area contributed by atoms with Crippen LogP contribution in [0, 0.1) is 5.92 Å². The van der Waals surface area contributed by atoms with E-state index in [4.69, 9.17) is 27.9 Å². The first kappa shape index (κ1) is 17.3. The van der Waals surface area contributed by atoms with Crippen molar-refractivity contribution in [3.63, 3.8) is 0 Å². The lowest BCUT2D eigenvalue weighted by Gasteiger charge is -2.33. The molecule has 2 atom stereocenters. The second kappa shape index (κ2) is 6.77. The van der Waals surface area contributed by atoms with Gasteiger partial charge in [0.1, 0.15) is 5.75 Å². The van der Waals surface area contributed by atoms with Crippen molar-refractivity contribution in [2.24, 2.45) is 5.92 Å². The molecule has 1 heterocycles. The number of halogens is 2. The summed E-state index contributed by atoms with van der Waals surface area (Å²) in [7, 11) is 0. The number of benzene rings is 1. The standard InChI is InChI=1S/C18H19Cl2NO3/c1-3-10(2)24-16-9-15(13(19)8-14(16)20)21-17(22)11-5-4-6-12(7-11)18(21)23/h7-11H,3-6H2,1-2H3. The zero-order chi connectivity index (χ0) is 17.4. The fraction of sp³-hybridized carbons (Fsp3) is 0.444. The number of rotatable bonds is 4. The Bertz CT molecular complexity index is 729. The molecule has 2 aliphatic rings. The first-order chi connectivity index (χ1) is 11.4. The van der Waals surface area contributed by atoms with Crippen LogP contribution in [0.15, 0.2) is 23.8 Å². The Kier molecular flexibility index (Phi) is 4.88. The maximum Gasteiger partial charge on any atom is 0.260 e. The normalized spacial score (nSPS) is 21.6. The van der Waals surface area contributed by atoms with Crippen LogP contribution < -0.4 is 9.64 Å². The number of imide groups is 1. The monoisotopic (exact) mass is 367 g/mol. The summed E-state index contributed by atoms with van der Waals surface area (Å²) >= 11 is 12.5. The average Bonchev–Trinajstić information content (AvgIpc) is 2.57. The van der Waals surface area contributed by atoms with Gasteiger partial charge in [0.15, 0.2) is 0 Å². The summed E-state index contributed by atoms with van der Waals surface area (Å²) in [5.41, 5.74) is 1.02. The van der Waals surface area contributed by atoms with Crippen LogP contribution in [-0.4, -0.2) is 17.9 Å². The van der Waals surface area contributed by atoms with Crippen molar-refractivity contribution < 1.29 is 14.3 Å². The number of ether oxygens (including phenoxy) is 1. The lowest BCUT2D eigenvalue weighted by Crippen LogP contribution is -2.46. The highest BCUT2D eigenvalue weighted by Gasteiger charge is 2.39. The maximum absolute atomic E-state index is 12.7. The van der Waals surface area contributed by atoms with Crippen molar-refractivity contribution in [2.75, 3.05) is 4.90 Å². The van der Waals surface area contributed by atoms with Crippen LogP contribution in [-0.2, 0) is 9.59 Å². The Balaban J connectivity index is 2.02. The summed E-state index contributed by atoms with van der Waals surface area (Å²) in [6, 6.07) is 3.11. The molecule has 0 saturated heterocycles. The molecule has 6 heteroatoms. The summed E-state index contributed by atoms with van der Waals surface area (Å²) < 4.78 is 5.79. The zero-order valence-corrected chi connectivity index (χ0v) is 15.2. The molecular formula is C18H19Cl2NO3. The second-order valence-corrected chi connectivity index (χ2v) is 7.05. The molecule has 0 N–H and O–H groups in total. The van der Waals surface area contributed by atoms with Gasteiger partial charge in [-0.2, -0.15) is 0 Å². The first-order valence-corrected chi connectivity index (χ1v) is 8.92. The molecule has 1 aromatic carbocycles. The predicted octanol–water partition coefficient (Wildman–Crippen LogP) is 4.77. The third-order valence-corrected chi connectivity index (χ3v) is 5.12. The lowest BCUT2D eigenvalue weighted by atomic mass is 9.85. The van der Waals surface area contributed by atoms with E-state index >= 15 is 0 Å². The van der Waals surface area contributed by atoms with Gasteiger partial charge in [-0.1, -0.05) is 36.2 Å². The highest BCUT2D eigenvalue weighted by molar-refractivity contribution is 6.39. The minimum atomic E-state index is -0.297. The largest absolute Gasteiger partial charge is 0.489 e. The molecule has 0 fully saturated rings. The van der Waals surface area contributed by atoms with Gasteiger partial charge in [-0.25, -0.2) is 4.90 Å². The van der Waals surface area contributed by atoms with E-state index in [2.05, 4.69) is 0 Å². The summed E-state index contributed by atoms with van der Waals surface area (Å²) in [4.78, 5) is 26.6. The quantitative estimate of drug-likeness (QED) is 0.720. The van der Waals surface area contributed by atoms with E-state index in [0.29, 0.717) is 28.5 Å². The second-order valence-electron chi connectivity index (χ2n) is 6.24. The Morgan fingerprint density at radius 1 is 1.29 bits per heavy atom. The Morgan fingerprint density at radius 2 is 2.04 bits per heavy atom. The molecule has 128 valence electrons. The molecule has 2 amide bonds. The molecule has 1 aliphatic heterocycles. The summed E-state index contributed by atoms with van der Waals surface area (Å²) in [5, 5.41) is 0.624. The molecule has 0 radical (unpaired) electrons. The summed E-state index contributed by atoms with van der Waals surface area (Å²) in [6.07, 6.45) is 4.88. The maximum atomic E-state index is 12.7. The molecule has 2 unspecified atom stereocenters. The number of fused-ring (bicyclic) bond motifs is 1. The van der Waals surface area contributed by atoms with Crippen molar-refractivity contribution in [1.82, 2.24) is 0 Å². The fourth-order valence-corrected chi connectivity index (χ4v) is 3.52. The SMILES string of the molecule is CCC(C)Oc1cc(N2C(=O)C3=CC(CCC3)C2=O)c(Cl)cc1Cl. The van der Waals surface area contributed by atoms with E-state index in [9.17, 15) is 9.59 Å². The summed E-state index contributed by atoms with van der Waals surface area (Å²) in [5.74, 6) is -0.357. The van der Waals surface area contributed by atoms with E-state index < -0.39 is 0 Å². The number of hydrogen-bond donors (Lipinski definition) is 0. The lowest BCUT2D eigenvalue weighted by molar-refractivity contribution is -0.128. The van der Waals surface area contributed by atoms with Gasteiger partial charge in [0.2, 0.25) is 5.91 Å². The van der Waals surface area contributed by atoms with Gasteiger partial charge in [0, 0.05) is 11.6 Å². The van der Waals surface area contributed by atoms with Crippen LogP contribution in [0.2, 0.25) is 10.0 Å². The van der Waals surface area contributed by atoms with E-state index in [1.54, 1.807) is 12.1 Å². The topological polar surface area (TPSA) is 46.6 Å². The number of anilines is 1. The van der Waals surface area contributed by atoms with Crippen LogP contribution in [0.25, 0.3) is 0 Å². The molecule has 3 rings (SSSR count). The molecule has 0 aromatic heterocycles. The van der Waals surface area contributed by atoms with Crippen molar-refractivity contribution in [2.45, 2.75) is 45.6 Å². The first-order valence-electron chi connectivity index (χ1n) is 8.17. The molecule has 0 spiro atoms. The van der Waals surface area contributed by atoms with E-state index in [0.717, 1.165) is 19.3 Å². The van der Waals surface area contributed by atoms with E-state index in [-0.39, 0.29) is 28.9 Å². The Hall–Kier alpha value is -1.52. The van der Waals surface area contributed by atoms with Gasteiger partial charge >= 0.3 is 0 Å². The molecule has 0 saturated carbocycles. The third-order valence-electron chi connectivity index (χ3n) is 4.52. The van der Waals surface area contributed by atoms with Gasteiger partial charge in [-0.05, 0) is 38.7 Å². The van der Waals surface area contributed by atoms with Gasteiger partial charge in [0.25, 0.3) is 5.91 Å². The van der Waals surface area contributed by atoms with Crippen molar-refractivity contribution >= 4 is 40.7 Å².